The lowest BCUT2D eigenvalue weighted by Gasteiger charge is -2.38. The molecule has 4 heterocycles. The Bertz CT molecular complexity index is 2160. The van der Waals surface area contributed by atoms with Crippen molar-refractivity contribution in [3.05, 3.63) is 75.9 Å². The molecule has 8 rings (SSSR count). The maximum absolute atomic E-state index is 15.6. The third-order valence-corrected chi connectivity index (χ3v) is 12.1. The van der Waals surface area contributed by atoms with Crippen LogP contribution in [0.1, 0.15) is 101 Å². The number of anilines is 1. The second kappa shape index (κ2) is 16.7. The number of nitriles is 1. The molecule has 5 amide bonds. The summed E-state index contributed by atoms with van der Waals surface area (Å²) in [7, 11) is 0. The van der Waals surface area contributed by atoms with Crippen molar-refractivity contribution < 1.29 is 37.8 Å². The van der Waals surface area contributed by atoms with Gasteiger partial charge in [0, 0.05) is 37.7 Å². The molecule has 0 bridgehead atoms. The first kappa shape index (κ1) is 39.2. The number of nitrogens with one attached hydrogen (secondary N) is 3. The molecule has 1 atom stereocenters. The van der Waals surface area contributed by atoms with E-state index in [4.69, 9.17) is 26.3 Å². The summed E-state index contributed by atoms with van der Waals surface area (Å²) in [5.74, 6) is -2.38. The number of piperidine rings is 2. The van der Waals surface area contributed by atoms with Crippen molar-refractivity contribution in [3.8, 4) is 17.6 Å². The van der Waals surface area contributed by atoms with Crippen molar-refractivity contribution >= 4 is 47.0 Å². The summed E-state index contributed by atoms with van der Waals surface area (Å²) in [6.07, 6.45) is 9.21. The van der Waals surface area contributed by atoms with Crippen molar-refractivity contribution in [2.24, 2.45) is 5.92 Å². The summed E-state index contributed by atoms with van der Waals surface area (Å²) in [4.78, 5) is 74.8. The Morgan fingerprint density at radius 3 is 2.40 bits per heavy atom. The predicted octanol–water partition coefficient (Wildman–Crippen LogP) is 4.08. The maximum atomic E-state index is 15.6. The van der Waals surface area contributed by atoms with Crippen LogP contribution in [0.15, 0.2) is 42.7 Å². The average molecular weight is 813 g/mol. The number of imide groups is 2. The molecule has 4 fully saturated rings. The number of ether oxygens (including phenoxy) is 2. The van der Waals surface area contributed by atoms with Gasteiger partial charge in [0.25, 0.3) is 17.7 Å². The first-order chi connectivity index (χ1) is 28.0. The lowest BCUT2D eigenvalue weighted by Crippen LogP contribution is -2.54. The van der Waals surface area contributed by atoms with E-state index in [-0.39, 0.29) is 60.0 Å². The molecular formula is C41H42ClFN8O7. The second-order valence-corrected chi connectivity index (χ2v) is 16.0. The van der Waals surface area contributed by atoms with Crippen LogP contribution in [0.4, 0.5) is 10.2 Å². The van der Waals surface area contributed by atoms with Crippen molar-refractivity contribution in [3.63, 3.8) is 0 Å². The van der Waals surface area contributed by atoms with Crippen LogP contribution in [-0.2, 0) is 9.59 Å². The molecule has 15 nitrogen and oxygen atoms in total. The summed E-state index contributed by atoms with van der Waals surface area (Å²) < 4.78 is 27.5. The van der Waals surface area contributed by atoms with Crippen LogP contribution in [0.2, 0.25) is 5.02 Å². The normalized spacial score (nSPS) is 24.7. The van der Waals surface area contributed by atoms with Gasteiger partial charge in [-0.1, -0.05) is 11.6 Å². The van der Waals surface area contributed by atoms with Gasteiger partial charge in [0.1, 0.15) is 35.5 Å². The third-order valence-electron chi connectivity index (χ3n) is 11.8. The number of carbonyl (C=O) groups excluding carboxylic acids is 5. The molecule has 0 radical (unpaired) electrons. The minimum atomic E-state index is -1.17. The second-order valence-electron chi connectivity index (χ2n) is 15.6. The SMILES string of the molecule is N#Cc1ccc(O[C@H]2CC[C@H](NC(=O)c3cnc(N4CCC(CN[C@H]5C[C@H](Oc6ccc7c(c6F)C(=O)N(C6CCC(=O)NC6=O)C7=O)C5)CC4)cn3)CC2)cc1Cl. The number of amides is 5. The average Bonchev–Trinajstić information content (AvgIpc) is 3.46. The number of hydrogen-bond acceptors (Lipinski definition) is 12. The fraction of sp³-hybridized carbons (Fsp3) is 0.463. The van der Waals surface area contributed by atoms with Crippen molar-refractivity contribution in [2.75, 3.05) is 24.5 Å². The summed E-state index contributed by atoms with van der Waals surface area (Å²) in [6.45, 7) is 2.44. The number of rotatable bonds is 11. The van der Waals surface area contributed by atoms with Gasteiger partial charge in [0.2, 0.25) is 11.8 Å². The molecule has 3 N–H and O–H groups in total. The molecule has 1 unspecified atom stereocenters. The van der Waals surface area contributed by atoms with Crippen LogP contribution in [0, 0.1) is 23.1 Å². The molecule has 1 aromatic heterocycles. The van der Waals surface area contributed by atoms with Gasteiger partial charge < -0.3 is 25.0 Å². The van der Waals surface area contributed by atoms with Gasteiger partial charge in [-0.3, -0.25) is 34.2 Å². The Balaban J connectivity index is 0.731. The zero-order chi connectivity index (χ0) is 40.5. The molecule has 2 saturated heterocycles. The molecule has 2 saturated carbocycles. The minimum absolute atomic E-state index is 0.00544. The van der Waals surface area contributed by atoms with E-state index >= 15 is 4.39 Å². The van der Waals surface area contributed by atoms with Crippen LogP contribution in [0.3, 0.4) is 0 Å². The molecule has 2 aliphatic carbocycles. The van der Waals surface area contributed by atoms with E-state index in [0.29, 0.717) is 35.1 Å². The Labute approximate surface area is 338 Å². The van der Waals surface area contributed by atoms with E-state index < -0.39 is 41.1 Å². The molecule has 58 heavy (non-hydrogen) atoms. The van der Waals surface area contributed by atoms with E-state index in [9.17, 15) is 24.0 Å². The van der Waals surface area contributed by atoms with Crippen molar-refractivity contribution in [1.82, 2.24) is 30.8 Å². The quantitative estimate of drug-likeness (QED) is 0.235. The molecule has 3 aliphatic heterocycles. The van der Waals surface area contributed by atoms with Crippen LogP contribution >= 0.6 is 11.6 Å². The van der Waals surface area contributed by atoms with E-state index in [0.717, 1.165) is 68.9 Å². The standard InChI is InChI=1S/C41H42ClFN8O7/c42-30-17-27(4-1-23(30)18-44)57-26-5-2-24(3-6-26)48-38(53)31-20-47-34(21-46-31)50-13-11-22(12-14-50)19-45-25-15-28(16-25)58-33-9-7-29-36(37(33)43)41(56)51(40(29)55)32-8-10-35(52)49-39(32)54/h1,4,7,9,17,20-22,24-26,28,32,45H,2-3,5-6,8,10-16,19H2,(H,48,53)(H,49,52,54)/t24-,25-,26-,28-,32?. The Morgan fingerprint density at radius 2 is 1.71 bits per heavy atom. The summed E-state index contributed by atoms with van der Waals surface area (Å²) >= 11 is 6.13. The van der Waals surface area contributed by atoms with Crippen LogP contribution in [0.5, 0.6) is 11.5 Å². The summed E-state index contributed by atoms with van der Waals surface area (Å²) in [5, 5.41) is 18.2. The number of nitrogens with zero attached hydrogens (tertiary/aromatic N) is 5. The Kier molecular flexibility index (Phi) is 11.3. The van der Waals surface area contributed by atoms with Gasteiger partial charge in [-0.2, -0.15) is 5.26 Å². The van der Waals surface area contributed by atoms with Gasteiger partial charge in [0.05, 0.1) is 40.2 Å². The zero-order valence-corrected chi connectivity index (χ0v) is 32.3. The highest BCUT2D eigenvalue weighted by atomic mass is 35.5. The number of carbonyl (C=O) groups is 5. The van der Waals surface area contributed by atoms with E-state index in [1.54, 1.807) is 24.4 Å². The number of benzene rings is 2. The summed E-state index contributed by atoms with van der Waals surface area (Å²) in [5.41, 5.74) is 0.139. The van der Waals surface area contributed by atoms with Crippen LogP contribution in [-0.4, -0.2) is 94.4 Å². The number of hydrogen-bond donors (Lipinski definition) is 3. The highest BCUT2D eigenvalue weighted by Gasteiger charge is 2.47. The van der Waals surface area contributed by atoms with Gasteiger partial charge >= 0.3 is 0 Å². The lowest BCUT2D eigenvalue weighted by molar-refractivity contribution is -0.136. The zero-order valence-electron chi connectivity index (χ0n) is 31.5. The topological polar surface area (TPSA) is 196 Å². The van der Waals surface area contributed by atoms with Gasteiger partial charge in [-0.25, -0.2) is 14.4 Å². The minimum Gasteiger partial charge on any atom is -0.490 e. The Morgan fingerprint density at radius 1 is 0.931 bits per heavy atom. The predicted molar refractivity (Wildman–Crippen MR) is 206 cm³/mol. The third kappa shape index (κ3) is 8.19. The van der Waals surface area contributed by atoms with E-state index in [2.05, 4.69) is 30.8 Å². The molecule has 2 aromatic carbocycles. The fourth-order valence-electron chi connectivity index (χ4n) is 8.34. The van der Waals surface area contributed by atoms with Gasteiger partial charge in [0.15, 0.2) is 11.6 Å². The highest BCUT2D eigenvalue weighted by molar-refractivity contribution is 6.31. The highest BCUT2D eigenvalue weighted by Crippen LogP contribution is 2.36. The lowest BCUT2D eigenvalue weighted by atomic mass is 9.88. The molecular weight excluding hydrogens is 771 g/mol. The molecule has 0 spiro atoms. The molecule has 3 aromatic rings. The van der Waals surface area contributed by atoms with Crippen molar-refractivity contribution in [1.29, 1.82) is 5.26 Å². The monoisotopic (exact) mass is 812 g/mol. The van der Waals surface area contributed by atoms with Crippen LogP contribution in [0.25, 0.3) is 0 Å². The maximum Gasteiger partial charge on any atom is 0.271 e. The van der Waals surface area contributed by atoms with E-state index in [1.165, 1.54) is 18.3 Å². The number of fused-ring (bicyclic) bond motifs is 1. The van der Waals surface area contributed by atoms with Crippen LogP contribution < -0.4 is 30.3 Å². The number of aromatic nitrogens is 2. The first-order valence-electron chi connectivity index (χ1n) is 19.7. The molecule has 17 heteroatoms. The number of halogens is 2. The fourth-order valence-corrected chi connectivity index (χ4v) is 8.55. The molecule has 302 valence electrons. The van der Waals surface area contributed by atoms with Crippen molar-refractivity contribution in [2.45, 2.75) is 94.5 Å². The van der Waals surface area contributed by atoms with E-state index in [1.807, 2.05) is 6.07 Å². The smallest absolute Gasteiger partial charge is 0.271 e. The van der Waals surface area contributed by atoms with Gasteiger partial charge in [-0.05, 0) is 94.5 Å². The Hall–Kier alpha value is -5.66. The molecule has 5 aliphatic rings. The first-order valence-corrected chi connectivity index (χ1v) is 20.1. The summed E-state index contributed by atoms with van der Waals surface area (Å²) in [6, 6.07) is 8.83. The van der Waals surface area contributed by atoms with Gasteiger partial charge in [-0.15, -0.1) is 0 Å². The largest absolute Gasteiger partial charge is 0.490 e.